The van der Waals surface area contributed by atoms with E-state index < -0.39 is 4.92 Å². The number of nitro groups is 1. The fraction of sp³-hybridized carbons (Fsp3) is 0.333. The van der Waals surface area contributed by atoms with Crippen LogP contribution in [0.2, 0.25) is 5.02 Å². The largest absolute Gasteiger partial charge is 0.419 e. The lowest BCUT2D eigenvalue weighted by Crippen LogP contribution is -2.01. The van der Waals surface area contributed by atoms with E-state index in [1.807, 2.05) is 6.92 Å². The summed E-state index contributed by atoms with van der Waals surface area (Å²) in [6.07, 6.45) is 2.92. The summed E-state index contributed by atoms with van der Waals surface area (Å²) in [5.74, 6) is 0.609. The molecule has 0 atom stereocenters. The Morgan fingerprint density at radius 1 is 1.43 bits per heavy atom. The molecule has 0 aliphatic rings. The van der Waals surface area contributed by atoms with Gasteiger partial charge < -0.3 is 4.42 Å². The van der Waals surface area contributed by atoms with Crippen molar-refractivity contribution < 1.29 is 9.34 Å². The van der Waals surface area contributed by atoms with Gasteiger partial charge in [-0.15, -0.1) is 10.2 Å². The van der Waals surface area contributed by atoms with Gasteiger partial charge in [0, 0.05) is 20.0 Å². The van der Waals surface area contributed by atoms with Gasteiger partial charge in [-0.2, -0.15) is 10.2 Å². The van der Waals surface area contributed by atoms with Crippen molar-refractivity contribution in [3.8, 4) is 11.6 Å². The molecule has 120 valence electrons. The predicted octanol–water partition coefficient (Wildman–Crippen LogP) is 1.78. The van der Waals surface area contributed by atoms with Crippen molar-refractivity contribution >= 4 is 17.3 Å². The van der Waals surface area contributed by atoms with Gasteiger partial charge in [-0.05, 0) is 6.92 Å². The molecule has 23 heavy (non-hydrogen) atoms. The summed E-state index contributed by atoms with van der Waals surface area (Å²) < 4.78 is 8.61. The molecule has 0 saturated carbocycles. The molecule has 0 spiro atoms. The molecule has 0 saturated heterocycles. The smallest absolute Gasteiger partial charge is 0.306 e. The van der Waals surface area contributed by atoms with Gasteiger partial charge in [-0.3, -0.25) is 19.5 Å². The highest BCUT2D eigenvalue weighted by Crippen LogP contribution is 2.28. The first-order chi connectivity index (χ1) is 11.0. The highest BCUT2D eigenvalue weighted by molar-refractivity contribution is 6.33. The van der Waals surface area contributed by atoms with Gasteiger partial charge in [-0.1, -0.05) is 11.6 Å². The van der Waals surface area contributed by atoms with E-state index in [4.69, 9.17) is 16.0 Å². The SMILES string of the molecule is Cc1c(Cl)c(-c2nnc(CCn3cc([N+](=O)[O-])cn3)o2)nn1C. The highest BCUT2D eigenvalue weighted by atomic mass is 35.5. The first-order valence-corrected chi connectivity index (χ1v) is 7.02. The van der Waals surface area contributed by atoms with Crippen molar-refractivity contribution in [1.29, 1.82) is 0 Å². The van der Waals surface area contributed by atoms with Gasteiger partial charge in [0.05, 0.1) is 15.6 Å². The van der Waals surface area contributed by atoms with E-state index in [2.05, 4.69) is 20.4 Å². The lowest BCUT2D eigenvalue weighted by molar-refractivity contribution is -0.385. The number of aryl methyl sites for hydroxylation is 3. The van der Waals surface area contributed by atoms with E-state index in [1.54, 1.807) is 11.7 Å². The van der Waals surface area contributed by atoms with Gasteiger partial charge in [0.15, 0.2) is 5.69 Å². The quantitative estimate of drug-likeness (QED) is 0.514. The summed E-state index contributed by atoms with van der Waals surface area (Å²) in [6, 6.07) is 0. The number of hydrogen-bond donors (Lipinski definition) is 0. The molecule has 3 rings (SSSR count). The van der Waals surface area contributed by atoms with Crippen LogP contribution in [-0.2, 0) is 20.0 Å². The van der Waals surface area contributed by atoms with Crippen LogP contribution in [0.3, 0.4) is 0 Å². The Morgan fingerprint density at radius 2 is 2.22 bits per heavy atom. The predicted molar refractivity (Wildman–Crippen MR) is 78.8 cm³/mol. The Bertz CT molecular complexity index is 866. The molecule has 0 aliphatic carbocycles. The van der Waals surface area contributed by atoms with Crippen LogP contribution in [0.25, 0.3) is 11.6 Å². The van der Waals surface area contributed by atoms with Crippen molar-refractivity contribution in [2.24, 2.45) is 7.05 Å². The van der Waals surface area contributed by atoms with Crippen molar-refractivity contribution in [2.45, 2.75) is 19.9 Å². The minimum atomic E-state index is -0.500. The summed E-state index contributed by atoms with van der Waals surface area (Å²) >= 11 is 6.17. The molecule has 11 heteroatoms. The molecular weight excluding hydrogens is 326 g/mol. The molecule has 3 aromatic rings. The summed E-state index contributed by atoms with van der Waals surface area (Å²) in [7, 11) is 1.77. The average molecular weight is 338 g/mol. The summed E-state index contributed by atoms with van der Waals surface area (Å²) in [5, 5.41) is 27.1. The first kappa shape index (κ1) is 15.2. The normalized spacial score (nSPS) is 11.1. The van der Waals surface area contributed by atoms with Crippen LogP contribution >= 0.6 is 11.6 Å². The van der Waals surface area contributed by atoms with E-state index in [9.17, 15) is 10.1 Å². The Hall–Kier alpha value is -2.75. The molecule has 3 heterocycles. The van der Waals surface area contributed by atoms with Crippen LogP contribution in [0, 0.1) is 17.0 Å². The maximum Gasteiger partial charge on any atom is 0.306 e. The number of hydrogen-bond acceptors (Lipinski definition) is 7. The standard InChI is InChI=1S/C12H12ClN7O3/c1-7-10(13)11(17-18(7)2)12-16-15-9(23-12)3-4-19-6-8(5-14-19)20(21)22/h5-6H,3-4H2,1-2H3. The van der Waals surface area contributed by atoms with Gasteiger partial charge in [0.1, 0.15) is 12.4 Å². The van der Waals surface area contributed by atoms with E-state index in [0.29, 0.717) is 29.6 Å². The minimum absolute atomic E-state index is 0.0630. The van der Waals surface area contributed by atoms with E-state index in [0.717, 1.165) is 5.69 Å². The summed E-state index contributed by atoms with van der Waals surface area (Å²) in [4.78, 5) is 10.1. The third-order valence-electron chi connectivity index (χ3n) is 3.32. The van der Waals surface area contributed by atoms with Crippen LogP contribution in [0.15, 0.2) is 16.8 Å². The monoisotopic (exact) mass is 337 g/mol. The van der Waals surface area contributed by atoms with Crippen molar-refractivity contribution in [3.63, 3.8) is 0 Å². The van der Waals surface area contributed by atoms with E-state index in [-0.39, 0.29) is 11.6 Å². The van der Waals surface area contributed by atoms with Crippen LogP contribution in [0.4, 0.5) is 5.69 Å². The average Bonchev–Trinajstić information content (AvgIpc) is 3.22. The molecule has 0 aliphatic heterocycles. The maximum absolute atomic E-state index is 10.6. The van der Waals surface area contributed by atoms with E-state index >= 15 is 0 Å². The Balaban J connectivity index is 1.71. The molecule has 10 nitrogen and oxygen atoms in total. The zero-order valence-electron chi connectivity index (χ0n) is 12.3. The second kappa shape index (κ2) is 5.80. The fourth-order valence-electron chi connectivity index (χ4n) is 1.95. The maximum atomic E-state index is 10.6. The number of nitrogens with zero attached hydrogens (tertiary/aromatic N) is 7. The summed E-state index contributed by atoms with van der Waals surface area (Å²) in [5.41, 5.74) is 1.16. The molecule has 0 unspecified atom stereocenters. The number of aromatic nitrogens is 6. The topological polar surface area (TPSA) is 118 Å². The van der Waals surface area contributed by atoms with Crippen molar-refractivity contribution in [2.75, 3.05) is 0 Å². The third kappa shape index (κ3) is 2.93. The molecule has 0 aromatic carbocycles. The second-order valence-electron chi connectivity index (χ2n) is 4.84. The van der Waals surface area contributed by atoms with Gasteiger partial charge in [0.25, 0.3) is 5.89 Å². The van der Waals surface area contributed by atoms with Crippen LogP contribution < -0.4 is 0 Å². The fourth-order valence-corrected chi connectivity index (χ4v) is 2.19. The zero-order valence-corrected chi connectivity index (χ0v) is 13.1. The molecule has 0 N–H and O–H groups in total. The highest BCUT2D eigenvalue weighted by Gasteiger charge is 2.18. The second-order valence-corrected chi connectivity index (χ2v) is 5.22. The van der Waals surface area contributed by atoms with Crippen LogP contribution in [0.1, 0.15) is 11.6 Å². The molecule has 0 amide bonds. The van der Waals surface area contributed by atoms with Crippen molar-refractivity contribution in [1.82, 2.24) is 29.8 Å². The van der Waals surface area contributed by atoms with Crippen LogP contribution in [-0.4, -0.2) is 34.7 Å². The lowest BCUT2D eigenvalue weighted by atomic mass is 10.3. The van der Waals surface area contributed by atoms with Crippen LogP contribution in [0.5, 0.6) is 0 Å². The van der Waals surface area contributed by atoms with Crippen molar-refractivity contribution in [3.05, 3.63) is 39.1 Å². The molecular formula is C12H12ClN7O3. The number of rotatable bonds is 5. The van der Waals surface area contributed by atoms with Gasteiger partial charge in [-0.25, -0.2) is 0 Å². The van der Waals surface area contributed by atoms with Gasteiger partial charge >= 0.3 is 5.69 Å². The Labute approximate surface area is 134 Å². The molecule has 3 aromatic heterocycles. The Morgan fingerprint density at radius 3 is 2.83 bits per heavy atom. The molecule has 0 bridgehead atoms. The summed E-state index contributed by atoms with van der Waals surface area (Å²) in [6.45, 7) is 2.21. The zero-order chi connectivity index (χ0) is 16.6. The number of halogens is 1. The van der Waals surface area contributed by atoms with E-state index in [1.165, 1.54) is 17.1 Å². The minimum Gasteiger partial charge on any atom is -0.419 e. The molecule has 0 radical (unpaired) electrons. The third-order valence-corrected chi connectivity index (χ3v) is 3.77. The Kier molecular flexibility index (Phi) is 3.82. The first-order valence-electron chi connectivity index (χ1n) is 6.64. The molecule has 0 fully saturated rings. The van der Waals surface area contributed by atoms with Gasteiger partial charge in [0.2, 0.25) is 5.89 Å². The lowest BCUT2D eigenvalue weighted by Gasteiger charge is -1.96.